The van der Waals surface area contributed by atoms with Gasteiger partial charge in [0.05, 0.1) is 26.4 Å². The Bertz CT molecular complexity index is 680. The normalized spacial score (nSPS) is 24.0. The van der Waals surface area contributed by atoms with Crippen LogP contribution in [0, 0.1) is 0 Å². The highest BCUT2D eigenvalue weighted by atomic mass is 16.5. The van der Waals surface area contributed by atoms with Crippen molar-refractivity contribution in [3.63, 3.8) is 0 Å². The number of methoxy groups -OCH3 is 1. The van der Waals surface area contributed by atoms with Gasteiger partial charge in [-0.05, 0) is 18.6 Å². The highest BCUT2D eigenvalue weighted by Gasteiger charge is 2.41. The maximum atomic E-state index is 12.3. The summed E-state index contributed by atoms with van der Waals surface area (Å²) in [7, 11) is 1.52. The van der Waals surface area contributed by atoms with Gasteiger partial charge in [0.25, 0.3) is 0 Å². The predicted molar refractivity (Wildman–Crippen MR) is 99.7 cm³/mol. The van der Waals surface area contributed by atoms with Crippen molar-refractivity contribution < 1.29 is 23.8 Å². The zero-order chi connectivity index (χ0) is 19.3. The summed E-state index contributed by atoms with van der Waals surface area (Å²) >= 11 is 0. The Kier molecular flexibility index (Phi) is 6.59. The third kappa shape index (κ3) is 5.13. The molecule has 0 radical (unpaired) electrons. The van der Waals surface area contributed by atoms with Crippen LogP contribution in [0.15, 0.2) is 24.3 Å². The van der Waals surface area contributed by atoms with Gasteiger partial charge in [-0.25, -0.2) is 0 Å². The molecule has 2 fully saturated rings. The van der Waals surface area contributed by atoms with Crippen molar-refractivity contribution in [2.24, 2.45) is 0 Å². The summed E-state index contributed by atoms with van der Waals surface area (Å²) in [5.41, 5.74) is 1.29. The third-order valence-corrected chi connectivity index (χ3v) is 5.04. The van der Waals surface area contributed by atoms with E-state index in [1.165, 1.54) is 7.11 Å². The van der Waals surface area contributed by atoms with Crippen LogP contribution in [0.5, 0.6) is 0 Å². The zero-order valence-corrected chi connectivity index (χ0v) is 16.1. The lowest BCUT2D eigenvalue weighted by Crippen LogP contribution is -2.59. The molecule has 0 N–H and O–H groups in total. The number of hydrogen-bond donors (Lipinski definition) is 0. The van der Waals surface area contributed by atoms with Crippen LogP contribution in [-0.2, 0) is 25.5 Å². The molecule has 7 nitrogen and oxygen atoms in total. The van der Waals surface area contributed by atoms with E-state index in [0.717, 1.165) is 24.2 Å². The van der Waals surface area contributed by atoms with E-state index >= 15 is 0 Å². The first-order chi connectivity index (χ1) is 13.0. The minimum absolute atomic E-state index is 0.0442. The van der Waals surface area contributed by atoms with E-state index in [0.29, 0.717) is 39.5 Å². The molecule has 27 heavy (non-hydrogen) atoms. The van der Waals surface area contributed by atoms with Gasteiger partial charge in [0.2, 0.25) is 5.91 Å². The topological polar surface area (TPSA) is 68.3 Å². The first-order valence-corrected chi connectivity index (χ1v) is 9.32. The van der Waals surface area contributed by atoms with Crippen LogP contribution < -0.4 is 0 Å². The molecule has 1 spiro atoms. The third-order valence-electron chi connectivity index (χ3n) is 5.04. The smallest absolute Gasteiger partial charge is 0.248 e. The average Bonchev–Trinajstić information content (AvgIpc) is 2.85. The first kappa shape index (κ1) is 19.9. The molecule has 1 atom stereocenters. The monoisotopic (exact) mass is 376 g/mol. The number of morpholine rings is 1. The van der Waals surface area contributed by atoms with Crippen molar-refractivity contribution in [3.8, 4) is 0 Å². The lowest BCUT2D eigenvalue weighted by molar-refractivity contribution is -0.154. The Morgan fingerprint density at radius 2 is 2.07 bits per heavy atom. The number of benzene rings is 1. The lowest BCUT2D eigenvalue weighted by Gasteiger charge is -2.43. The fraction of sp³-hybridized carbons (Fsp3) is 0.600. The number of carbonyl (C=O) groups excluding carboxylic acids is 2. The number of amides is 1. The second kappa shape index (κ2) is 8.93. The molecule has 1 amide bonds. The molecule has 2 saturated heterocycles. The fourth-order valence-corrected chi connectivity index (χ4v) is 3.72. The molecule has 0 aromatic heterocycles. The van der Waals surface area contributed by atoms with Crippen molar-refractivity contribution in [1.82, 2.24) is 9.80 Å². The molecule has 2 aliphatic heterocycles. The first-order valence-electron chi connectivity index (χ1n) is 9.32. The van der Waals surface area contributed by atoms with Crippen LogP contribution in [0.4, 0.5) is 0 Å². The van der Waals surface area contributed by atoms with Crippen LogP contribution in [0.25, 0.3) is 0 Å². The van der Waals surface area contributed by atoms with Gasteiger partial charge in [-0.3, -0.25) is 14.5 Å². The van der Waals surface area contributed by atoms with Gasteiger partial charge in [-0.2, -0.15) is 0 Å². The van der Waals surface area contributed by atoms with E-state index in [4.69, 9.17) is 14.2 Å². The fourth-order valence-electron chi connectivity index (χ4n) is 3.72. The van der Waals surface area contributed by atoms with Gasteiger partial charge in [-0.1, -0.05) is 18.2 Å². The number of ketones is 1. The minimum atomic E-state index is -0.531. The van der Waals surface area contributed by atoms with E-state index in [1.54, 1.807) is 11.8 Å². The van der Waals surface area contributed by atoms with Gasteiger partial charge >= 0.3 is 0 Å². The average molecular weight is 376 g/mol. The molecule has 2 aliphatic rings. The number of ether oxygens (including phenoxy) is 3. The second-order valence-electron chi connectivity index (χ2n) is 7.30. The van der Waals surface area contributed by atoms with Crippen molar-refractivity contribution in [2.45, 2.75) is 19.1 Å². The number of rotatable bonds is 5. The Morgan fingerprint density at radius 3 is 2.85 bits per heavy atom. The maximum absolute atomic E-state index is 12.3. The molecule has 1 aromatic rings. The van der Waals surface area contributed by atoms with E-state index < -0.39 is 5.60 Å². The zero-order valence-electron chi connectivity index (χ0n) is 16.1. The summed E-state index contributed by atoms with van der Waals surface area (Å²) in [4.78, 5) is 28.0. The number of carbonyl (C=O) groups is 2. The second-order valence-corrected chi connectivity index (χ2v) is 7.30. The van der Waals surface area contributed by atoms with Crippen LogP contribution >= 0.6 is 0 Å². The van der Waals surface area contributed by atoms with Gasteiger partial charge < -0.3 is 19.1 Å². The summed E-state index contributed by atoms with van der Waals surface area (Å²) in [6, 6.07) is 7.74. The molecule has 3 rings (SSSR count). The molecule has 0 bridgehead atoms. The van der Waals surface area contributed by atoms with Crippen molar-refractivity contribution in [2.75, 3.05) is 59.7 Å². The highest BCUT2D eigenvalue weighted by molar-refractivity contribution is 5.94. The van der Waals surface area contributed by atoms with E-state index in [1.807, 2.05) is 24.3 Å². The van der Waals surface area contributed by atoms with E-state index in [-0.39, 0.29) is 18.3 Å². The molecule has 7 heteroatoms. The molecule has 0 aliphatic carbocycles. The number of nitrogens with zero attached hydrogens (tertiary/aromatic N) is 2. The number of Topliss-reactive ketones (excluding diaryl/α,β-unsaturated/α-hetero) is 1. The van der Waals surface area contributed by atoms with Gasteiger partial charge in [0.15, 0.2) is 5.78 Å². The Hall–Kier alpha value is -1.80. The van der Waals surface area contributed by atoms with Crippen molar-refractivity contribution in [3.05, 3.63) is 35.4 Å². The SMILES string of the molecule is COCC(=O)N1CCOC[C@]2(CN(Cc3cccc(C(C)=O)c3)CCO2)C1. The van der Waals surface area contributed by atoms with E-state index in [2.05, 4.69) is 4.90 Å². The van der Waals surface area contributed by atoms with Crippen LogP contribution in [0.1, 0.15) is 22.8 Å². The molecular weight excluding hydrogens is 348 g/mol. The van der Waals surface area contributed by atoms with Crippen LogP contribution in [0.3, 0.4) is 0 Å². The van der Waals surface area contributed by atoms with Crippen molar-refractivity contribution >= 4 is 11.7 Å². The summed E-state index contributed by atoms with van der Waals surface area (Å²) in [5.74, 6) is 0.0250. The summed E-state index contributed by atoms with van der Waals surface area (Å²) in [6.07, 6.45) is 0. The molecule has 148 valence electrons. The summed E-state index contributed by atoms with van der Waals surface area (Å²) in [5, 5.41) is 0. The summed E-state index contributed by atoms with van der Waals surface area (Å²) in [6.45, 7) is 6.46. The molecule has 0 unspecified atom stereocenters. The van der Waals surface area contributed by atoms with Gasteiger partial charge in [0.1, 0.15) is 12.2 Å². The van der Waals surface area contributed by atoms with Crippen LogP contribution in [0.2, 0.25) is 0 Å². The van der Waals surface area contributed by atoms with Crippen LogP contribution in [-0.4, -0.2) is 86.8 Å². The highest BCUT2D eigenvalue weighted by Crippen LogP contribution is 2.24. The molecular formula is C20H28N2O5. The largest absolute Gasteiger partial charge is 0.376 e. The predicted octanol–water partition coefficient (Wildman–Crippen LogP) is 0.965. The molecule has 1 aromatic carbocycles. The Morgan fingerprint density at radius 1 is 1.22 bits per heavy atom. The maximum Gasteiger partial charge on any atom is 0.248 e. The minimum Gasteiger partial charge on any atom is -0.376 e. The standard InChI is InChI=1S/C20H28N2O5/c1-16(23)18-5-3-4-17(10-18)11-21-6-9-27-20(13-21)14-22(7-8-26-15-20)19(24)12-25-2/h3-5,10H,6-9,11-15H2,1-2H3/t20-/m0/s1. The molecule has 2 heterocycles. The quantitative estimate of drug-likeness (QED) is 0.714. The van der Waals surface area contributed by atoms with Gasteiger partial charge in [0, 0.05) is 38.9 Å². The lowest BCUT2D eigenvalue weighted by atomic mass is 10.0. The number of hydrogen-bond acceptors (Lipinski definition) is 6. The van der Waals surface area contributed by atoms with Crippen molar-refractivity contribution in [1.29, 1.82) is 0 Å². The van der Waals surface area contributed by atoms with E-state index in [9.17, 15) is 9.59 Å². The van der Waals surface area contributed by atoms with Gasteiger partial charge in [-0.15, -0.1) is 0 Å². The Labute approximate surface area is 160 Å². The summed E-state index contributed by atoms with van der Waals surface area (Å²) < 4.78 is 16.9. The molecule has 0 saturated carbocycles. The Balaban J connectivity index is 1.69.